The second kappa shape index (κ2) is 9.34. The molecule has 0 saturated heterocycles. The Balaban J connectivity index is 2.32. The first-order chi connectivity index (χ1) is 12.8. The quantitative estimate of drug-likeness (QED) is 0.586. The molecule has 140 valence electrons. The highest BCUT2D eigenvalue weighted by molar-refractivity contribution is 9.10. The average Bonchev–Trinajstić information content (AvgIpc) is 2.63. The summed E-state index contributed by atoms with van der Waals surface area (Å²) < 4.78 is 0.563. The standard InChI is InChI=1S/C19H16BrClN2O4/c1-11(19(26)27)22-18(25)16(10-12-6-8-13(21)9-7-12)23-17(24)14-4-2-3-5-15(14)20/h2-11H,1H3,(H,22,25)(H,23,24)(H,26,27)/b16-10-/t11-/m1/s1. The van der Waals surface area contributed by atoms with Crippen LogP contribution in [0.1, 0.15) is 22.8 Å². The molecular formula is C19H16BrClN2O4. The summed E-state index contributed by atoms with van der Waals surface area (Å²) in [6, 6.07) is 12.2. The van der Waals surface area contributed by atoms with E-state index in [1.165, 1.54) is 13.0 Å². The maximum absolute atomic E-state index is 12.5. The Morgan fingerprint density at radius 3 is 2.33 bits per heavy atom. The minimum absolute atomic E-state index is 0.0915. The molecule has 0 saturated carbocycles. The van der Waals surface area contributed by atoms with E-state index < -0.39 is 23.8 Å². The van der Waals surface area contributed by atoms with Gasteiger partial charge in [0, 0.05) is 9.50 Å². The molecule has 0 bridgehead atoms. The maximum atomic E-state index is 12.5. The lowest BCUT2D eigenvalue weighted by molar-refractivity contribution is -0.140. The molecule has 8 heteroatoms. The average molecular weight is 452 g/mol. The lowest BCUT2D eigenvalue weighted by Gasteiger charge is -2.14. The number of carboxylic acids is 1. The van der Waals surface area contributed by atoms with E-state index >= 15 is 0 Å². The Morgan fingerprint density at radius 2 is 1.74 bits per heavy atom. The number of carbonyl (C=O) groups excluding carboxylic acids is 2. The smallest absolute Gasteiger partial charge is 0.325 e. The second-order valence-corrected chi connectivity index (χ2v) is 6.87. The van der Waals surface area contributed by atoms with Crippen molar-refractivity contribution < 1.29 is 19.5 Å². The Morgan fingerprint density at radius 1 is 1.11 bits per heavy atom. The van der Waals surface area contributed by atoms with Gasteiger partial charge in [-0.05, 0) is 58.8 Å². The lowest BCUT2D eigenvalue weighted by Crippen LogP contribution is -2.42. The van der Waals surface area contributed by atoms with Gasteiger partial charge in [-0.15, -0.1) is 0 Å². The van der Waals surface area contributed by atoms with Gasteiger partial charge in [-0.25, -0.2) is 0 Å². The Bertz CT molecular complexity index is 897. The SMILES string of the molecule is C[C@@H](NC(=O)/C(=C/c1ccc(Cl)cc1)NC(=O)c1ccccc1Br)C(=O)O. The van der Waals surface area contributed by atoms with Gasteiger partial charge in [-0.2, -0.15) is 0 Å². The first-order valence-corrected chi connectivity index (χ1v) is 9.02. The van der Waals surface area contributed by atoms with E-state index in [1.54, 1.807) is 48.5 Å². The van der Waals surface area contributed by atoms with Crippen LogP contribution in [0.4, 0.5) is 0 Å². The normalized spacial score (nSPS) is 12.2. The van der Waals surface area contributed by atoms with Crippen LogP contribution in [-0.2, 0) is 9.59 Å². The van der Waals surface area contributed by atoms with Crippen molar-refractivity contribution in [2.45, 2.75) is 13.0 Å². The van der Waals surface area contributed by atoms with E-state index in [4.69, 9.17) is 16.7 Å². The Hall–Kier alpha value is -2.64. The van der Waals surface area contributed by atoms with Gasteiger partial charge in [0.1, 0.15) is 11.7 Å². The number of nitrogens with one attached hydrogen (secondary N) is 2. The molecule has 0 unspecified atom stereocenters. The molecule has 2 aromatic rings. The maximum Gasteiger partial charge on any atom is 0.325 e. The van der Waals surface area contributed by atoms with E-state index in [1.807, 2.05) is 0 Å². The summed E-state index contributed by atoms with van der Waals surface area (Å²) in [6.07, 6.45) is 1.44. The van der Waals surface area contributed by atoms with Crippen LogP contribution in [0.25, 0.3) is 6.08 Å². The highest BCUT2D eigenvalue weighted by Crippen LogP contribution is 2.17. The number of hydrogen-bond acceptors (Lipinski definition) is 3. The number of amides is 2. The van der Waals surface area contributed by atoms with Crippen molar-refractivity contribution in [3.63, 3.8) is 0 Å². The molecule has 6 nitrogen and oxygen atoms in total. The zero-order chi connectivity index (χ0) is 20.0. The van der Waals surface area contributed by atoms with Crippen LogP contribution in [0.5, 0.6) is 0 Å². The summed E-state index contributed by atoms with van der Waals surface area (Å²) in [5, 5.41) is 14.4. The highest BCUT2D eigenvalue weighted by Gasteiger charge is 2.20. The van der Waals surface area contributed by atoms with Crippen LogP contribution in [0.3, 0.4) is 0 Å². The molecule has 3 N–H and O–H groups in total. The van der Waals surface area contributed by atoms with Gasteiger partial charge in [-0.1, -0.05) is 35.9 Å². The van der Waals surface area contributed by atoms with E-state index in [2.05, 4.69) is 26.6 Å². The molecule has 1 atom stereocenters. The minimum atomic E-state index is -1.19. The molecule has 0 aliphatic rings. The Labute approximate surface area is 169 Å². The summed E-state index contributed by atoms with van der Waals surface area (Å²) in [5.41, 5.74) is 0.852. The van der Waals surface area contributed by atoms with Gasteiger partial charge in [-0.3, -0.25) is 14.4 Å². The van der Waals surface area contributed by atoms with Gasteiger partial charge in [0.2, 0.25) is 0 Å². The van der Waals surface area contributed by atoms with Crippen LogP contribution >= 0.6 is 27.5 Å². The zero-order valence-corrected chi connectivity index (χ0v) is 16.5. The van der Waals surface area contributed by atoms with E-state index in [-0.39, 0.29) is 5.70 Å². The highest BCUT2D eigenvalue weighted by atomic mass is 79.9. The predicted molar refractivity (Wildman–Crippen MR) is 106 cm³/mol. The van der Waals surface area contributed by atoms with Crippen LogP contribution in [0.2, 0.25) is 5.02 Å². The summed E-state index contributed by atoms with van der Waals surface area (Å²) in [5.74, 6) is -2.42. The van der Waals surface area contributed by atoms with Gasteiger partial charge < -0.3 is 15.7 Å². The molecule has 2 amide bonds. The molecule has 2 aromatic carbocycles. The monoisotopic (exact) mass is 450 g/mol. The van der Waals surface area contributed by atoms with E-state index in [9.17, 15) is 14.4 Å². The summed E-state index contributed by atoms with van der Waals surface area (Å²) in [6.45, 7) is 1.33. The number of halogens is 2. The Kier molecular flexibility index (Phi) is 7.15. The number of carboxylic acid groups (broad SMARTS) is 1. The lowest BCUT2D eigenvalue weighted by atomic mass is 10.1. The van der Waals surface area contributed by atoms with Gasteiger partial charge in [0.15, 0.2) is 0 Å². The van der Waals surface area contributed by atoms with Crippen LogP contribution in [0, 0.1) is 0 Å². The summed E-state index contributed by atoms with van der Waals surface area (Å²) in [4.78, 5) is 36.0. The van der Waals surface area contributed by atoms with Crippen molar-refractivity contribution in [3.8, 4) is 0 Å². The number of benzene rings is 2. The van der Waals surface area contributed by atoms with Crippen LogP contribution in [0.15, 0.2) is 58.7 Å². The third kappa shape index (κ3) is 5.94. The molecule has 0 aliphatic carbocycles. The molecular weight excluding hydrogens is 436 g/mol. The van der Waals surface area contributed by atoms with Crippen molar-refractivity contribution >= 4 is 51.4 Å². The molecule has 0 aliphatic heterocycles. The van der Waals surface area contributed by atoms with Gasteiger partial charge >= 0.3 is 5.97 Å². The minimum Gasteiger partial charge on any atom is -0.480 e. The summed E-state index contributed by atoms with van der Waals surface area (Å²) in [7, 11) is 0. The van der Waals surface area contributed by atoms with Crippen LogP contribution in [-0.4, -0.2) is 28.9 Å². The van der Waals surface area contributed by atoms with Crippen LogP contribution < -0.4 is 10.6 Å². The fourth-order valence-corrected chi connectivity index (χ4v) is 2.65. The molecule has 27 heavy (non-hydrogen) atoms. The van der Waals surface area contributed by atoms with Gasteiger partial charge in [0.25, 0.3) is 11.8 Å². The predicted octanol–water partition coefficient (Wildman–Crippen LogP) is 3.46. The van der Waals surface area contributed by atoms with E-state index in [0.717, 1.165) is 0 Å². The molecule has 0 spiro atoms. The number of aliphatic carboxylic acids is 1. The number of rotatable bonds is 6. The third-order valence-electron chi connectivity index (χ3n) is 3.51. The van der Waals surface area contributed by atoms with Crippen molar-refractivity contribution in [1.82, 2.24) is 10.6 Å². The molecule has 0 radical (unpaired) electrons. The van der Waals surface area contributed by atoms with Crippen molar-refractivity contribution in [2.75, 3.05) is 0 Å². The van der Waals surface area contributed by atoms with Crippen molar-refractivity contribution in [2.24, 2.45) is 0 Å². The fraction of sp³-hybridized carbons (Fsp3) is 0.105. The first-order valence-electron chi connectivity index (χ1n) is 7.84. The van der Waals surface area contributed by atoms with Crippen molar-refractivity contribution in [3.05, 3.63) is 74.9 Å². The third-order valence-corrected chi connectivity index (χ3v) is 4.45. The molecule has 0 aromatic heterocycles. The molecule has 0 heterocycles. The van der Waals surface area contributed by atoms with E-state index in [0.29, 0.717) is 20.6 Å². The number of hydrogen-bond donors (Lipinski definition) is 3. The largest absolute Gasteiger partial charge is 0.480 e. The molecule has 0 fully saturated rings. The van der Waals surface area contributed by atoms with Crippen molar-refractivity contribution in [1.29, 1.82) is 0 Å². The number of carbonyl (C=O) groups is 3. The summed E-state index contributed by atoms with van der Waals surface area (Å²) >= 11 is 9.14. The topological polar surface area (TPSA) is 95.5 Å². The zero-order valence-electron chi connectivity index (χ0n) is 14.2. The first kappa shape index (κ1) is 20.7. The van der Waals surface area contributed by atoms with Gasteiger partial charge in [0.05, 0.1) is 5.56 Å². The molecule has 2 rings (SSSR count). The fourth-order valence-electron chi connectivity index (χ4n) is 2.06. The second-order valence-electron chi connectivity index (χ2n) is 5.58.